The van der Waals surface area contributed by atoms with Crippen LogP contribution in [0.15, 0.2) is 4.79 Å². The Morgan fingerprint density at radius 1 is 1.40 bits per heavy atom. The lowest BCUT2D eigenvalue weighted by molar-refractivity contribution is 0.860. The van der Waals surface area contributed by atoms with Crippen molar-refractivity contribution in [2.75, 3.05) is 0 Å². The summed E-state index contributed by atoms with van der Waals surface area (Å²) in [6, 6.07) is 0. The maximum atomic E-state index is 10.8. The highest BCUT2D eigenvalue weighted by Crippen LogP contribution is 1.99. The molecule has 0 bridgehead atoms. The van der Waals surface area contributed by atoms with Crippen LogP contribution >= 0.6 is 0 Å². The molecular weight excluding hydrogens is 128 g/mol. The minimum absolute atomic E-state index is 0.00319. The zero-order chi connectivity index (χ0) is 7.56. The summed E-state index contributed by atoms with van der Waals surface area (Å²) in [5, 5.41) is 5.38. The van der Waals surface area contributed by atoms with Crippen LogP contribution in [0.4, 0.5) is 0 Å². The predicted molar refractivity (Wildman–Crippen MR) is 40.1 cm³/mol. The summed E-state index contributed by atoms with van der Waals surface area (Å²) in [5.74, 6) is 0. The molecule has 0 atom stereocenters. The second kappa shape index (κ2) is 2.73. The highest BCUT2D eigenvalue weighted by atomic mass is 16.1. The van der Waals surface area contributed by atoms with Gasteiger partial charge in [0.15, 0.2) is 0 Å². The number of nitrogens with one attached hydrogen (secondary N) is 2. The van der Waals surface area contributed by atoms with Crippen LogP contribution in [0.5, 0.6) is 0 Å². The lowest BCUT2D eigenvalue weighted by Gasteiger charge is -1.91. The summed E-state index contributed by atoms with van der Waals surface area (Å²) in [4.78, 5) is 10.8. The quantitative estimate of drug-likeness (QED) is 0.631. The number of aryl methyl sites for hydroxylation is 1. The van der Waals surface area contributed by atoms with Crippen molar-refractivity contribution in [3.05, 3.63) is 21.6 Å². The molecule has 3 nitrogen and oxygen atoms in total. The van der Waals surface area contributed by atoms with Crippen LogP contribution in [0.3, 0.4) is 0 Å². The standard InChI is InChI=1S/C7H12N2O/c1-3-4-6-5(2)7(10)9-8-6/h3-4H2,1-2H3,(H2,8,9,10). The van der Waals surface area contributed by atoms with Crippen molar-refractivity contribution in [2.24, 2.45) is 0 Å². The zero-order valence-corrected chi connectivity index (χ0v) is 6.32. The molecular formula is C7H12N2O. The van der Waals surface area contributed by atoms with Crippen LogP contribution < -0.4 is 5.56 Å². The zero-order valence-electron chi connectivity index (χ0n) is 6.32. The molecule has 1 rings (SSSR count). The van der Waals surface area contributed by atoms with Crippen molar-refractivity contribution in [1.29, 1.82) is 0 Å². The first-order valence-electron chi connectivity index (χ1n) is 3.51. The predicted octanol–water partition coefficient (Wildman–Crippen LogP) is 0.964. The van der Waals surface area contributed by atoms with E-state index in [0.717, 1.165) is 24.1 Å². The number of rotatable bonds is 2. The molecule has 0 radical (unpaired) electrons. The maximum Gasteiger partial charge on any atom is 0.267 e. The molecule has 0 aliphatic heterocycles. The first kappa shape index (κ1) is 7.12. The first-order valence-corrected chi connectivity index (χ1v) is 3.51. The van der Waals surface area contributed by atoms with Gasteiger partial charge in [-0.3, -0.25) is 9.89 Å². The van der Waals surface area contributed by atoms with Gasteiger partial charge in [0.1, 0.15) is 0 Å². The van der Waals surface area contributed by atoms with Gasteiger partial charge in [-0.1, -0.05) is 13.3 Å². The Kier molecular flexibility index (Phi) is 1.94. The van der Waals surface area contributed by atoms with Gasteiger partial charge in [0.05, 0.1) is 0 Å². The molecule has 1 heterocycles. The van der Waals surface area contributed by atoms with E-state index in [1.807, 2.05) is 6.92 Å². The van der Waals surface area contributed by atoms with Gasteiger partial charge in [0, 0.05) is 11.3 Å². The van der Waals surface area contributed by atoms with E-state index in [2.05, 4.69) is 17.1 Å². The highest BCUT2D eigenvalue weighted by Gasteiger charge is 2.01. The SMILES string of the molecule is CCCc1[nH][nH]c(=O)c1C. The minimum Gasteiger partial charge on any atom is -0.302 e. The fourth-order valence-corrected chi connectivity index (χ4v) is 0.957. The van der Waals surface area contributed by atoms with Gasteiger partial charge < -0.3 is 5.10 Å². The Balaban J connectivity index is 2.94. The fourth-order valence-electron chi connectivity index (χ4n) is 0.957. The van der Waals surface area contributed by atoms with Gasteiger partial charge in [0.25, 0.3) is 5.56 Å². The molecule has 0 aliphatic carbocycles. The van der Waals surface area contributed by atoms with Crippen LogP contribution in [-0.2, 0) is 6.42 Å². The Hall–Kier alpha value is -0.990. The van der Waals surface area contributed by atoms with Gasteiger partial charge in [0.2, 0.25) is 0 Å². The lowest BCUT2D eigenvalue weighted by atomic mass is 10.2. The summed E-state index contributed by atoms with van der Waals surface area (Å²) in [6.45, 7) is 3.92. The molecule has 3 heteroatoms. The smallest absolute Gasteiger partial charge is 0.267 e. The molecule has 0 unspecified atom stereocenters. The van der Waals surface area contributed by atoms with Crippen LogP contribution in [0, 0.1) is 6.92 Å². The largest absolute Gasteiger partial charge is 0.302 e. The molecule has 2 N–H and O–H groups in total. The molecule has 0 amide bonds. The van der Waals surface area contributed by atoms with Crippen molar-refractivity contribution < 1.29 is 0 Å². The van der Waals surface area contributed by atoms with Crippen molar-refractivity contribution in [1.82, 2.24) is 10.2 Å². The second-order valence-corrected chi connectivity index (χ2v) is 2.43. The Bertz CT molecular complexity index is 259. The van der Waals surface area contributed by atoms with E-state index in [4.69, 9.17) is 0 Å². The van der Waals surface area contributed by atoms with Crippen molar-refractivity contribution in [3.63, 3.8) is 0 Å². The Morgan fingerprint density at radius 3 is 2.50 bits per heavy atom. The monoisotopic (exact) mass is 140 g/mol. The van der Waals surface area contributed by atoms with E-state index in [9.17, 15) is 4.79 Å². The third-order valence-corrected chi connectivity index (χ3v) is 1.62. The lowest BCUT2D eigenvalue weighted by Crippen LogP contribution is -2.01. The number of H-pyrrole nitrogens is 2. The van der Waals surface area contributed by atoms with E-state index in [1.165, 1.54) is 0 Å². The molecule has 1 aromatic rings. The van der Waals surface area contributed by atoms with Crippen LogP contribution in [0.2, 0.25) is 0 Å². The minimum atomic E-state index is 0.00319. The summed E-state index contributed by atoms with van der Waals surface area (Å²) in [7, 11) is 0. The number of hydrogen-bond donors (Lipinski definition) is 2. The summed E-state index contributed by atoms with van der Waals surface area (Å²) < 4.78 is 0. The third kappa shape index (κ3) is 1.12. The molecule has 10 heavy (non-hydrogen) atoms. The average molecular weight is 140 g/mol. The molecule has 56 valence electrons. The van der Waals surface area contributed by atoms with E-state index in [-0.39, 0.29) is 5.56 Å². The highest BCUT2D eigenvalue weighted by molar-refractivity contribution is 5.13. The fraction of sp³-hybridized carbons (Fsp3) is 0.571. The van der Waals surface area contributed by atoms with Gasteiger partial charge in [-0.25, -0.2) is 0 Å². The number of hydrogen-bond acceptors (Lipinski definition) is 1. The van der Waals surface area contributed by atoms with Gasteiger partial charge in [-0.15, -0.1) is 0 Å². The summed E-state index contributed by atoms with van der Waals surface area (Å²) in [6.07, 6.45) is 2.01. The van der Waals surface area contributed by atoms with Crippen molar-refractivity contribution in [2.45, 2.75) is 26.7 Å². The van der Waals surface area contributed by atoms with Crippen LogP contribution in [0.25, 0.3) is 0 Å². The first-order chi connectivity index (χ1) is 4.75. The Labute approximate surface area is 59.4 Å². The van der Waals surface area contributed by atoms with Gasteiger partial charge in [-0.05, 0) is 13.3 Å². The summed E-state index contributed by atoms with van der Waals surface area (Å²) >= 11 is 0. The van der Waals surface area contributed by atoms with Crippen LogP contribution in [-0.4, -0.2) is 10.2 Å². The normalized spacial score (nSPS) is 10.2. The van der Waals surface area contributed by atoms with E-state index in [0.29, 0.717) is 0 Å². The second-order valence-electron chi connectivity index (χ2n) is 2.43. The third-order valence-electron chi connectivity index (χ3n) is 1.62. The van der Waals surface area contributed by atoms with E-state index in [1.54, 1.807) is 0 Å². The molecule has 0 aromatic carbocycles. The van der Waals surface area contributed by atoms with E-state index >= 15 is 0 Å². The number of aromatic nitrogens is 2. The molecule has 0 aliphatic rings. The summed E-state index contributed by atoms with van der Waals surface area (Å²) in [5.41, 5.74) is 1.86. The molecule has 0 saturated heterocycles. The van der Waals surface area contributed by atoms with E-state index < -0.39 is 0 Å². The topological polar surface area (TPSA) is 48.6 Å². The maximum absolute atomic E-state index is 10.8. The molecule has 0 spiro atoms. The van der Waals surface area contributed by atoms with Gasteiger partial charge >= 0.3 is 0 Å². The Morgan fingerprint density at radius 2 is 2.10 bits per heavy atom. The average Bonchev–Trinajstić information content (AvgIpc) is 2.20. The van der Waals surface area contributed by atoms with Crippen molar-refractivity contribution in [3.8, 4) is 0 Å². The molecule has 0 saturated carbocycles. The molecule has 1 aromatic heterocycles. The van der Waals surface area contributed by atoms with Crippen LogP contribution in [0.1, 0.15) is 24.6 Å². The number of aromatic amines is 2. The van der Waals surface area contributed by atoms with Crippen molar-refractivity contribution >= 4 is 0 Å². The molecule has 0 fully saturated rings. The van der Waals surface area contributed by atoms with Gasteiger partial charge in [-0.2, -0.15) is 0 Å².